The van der Waals surface area contributed by atoms with Crippen LogP contribution in [0.1, 0.15) is 17.4 Å². The van der Waals surface area contributed by atoms with E-state index in [1.54, 1.807) is 12.1 Å². The van der Waals surface area contributed by atoms with Gasteiger partial charge in [-0.15, -0.1) is 0 Å². The average Bonchev–Trinajstić information content (AvgIpc) is 2.30. The molecule has 1 aliphatic rings. The van der Waals surface area contributed by atoms with Crippen LogP contribution >= 0.6 is 11.6 Å². The first-order chi connectivity index (χ1) is 7.68. The lowest BCUT2D eigenvalue weighted by molar-refractivity contribution is 0.0649. The minimum atomic E-state index is -0.0225. The van der Waals surface area contributed by atoms with Gasteiger partial charge in [0.15, 0.2) is 0 Å². The number of nitrogens with zero attached hydrogens (tertiary/aromatic N) is 2. The molecule has 4 nitrogen and oxygen atoms in total. The van der Waals surface area contributed by atoms with E-state index in [0.717, 1.165) is 19.6 Å². The van der Waals surface area contributed by atoms with E-state index in [9.17, 15) is 4.79 Å². The number of hydrogen-bond acceptors (Lipinski definition) is 3. The van der Waals surface area contributed by atoms with Gasteiger partial charge in [-0.25, -0.2) is 4.98 Å². The molecule has 0 bridgehead atoms. The number of nitrogens with one attached hydrogen (secondary N) is 1. The number of rotatable bonds is 1. The smallest absolute Gasteiger partial charge is 0.272 e. The van der Waals surface area contributed by atoms with Crippen molar-refractivity contribution in [2.45, 2.75) is 13.0 Å². The third kappa shape index (κ3) is 2.33. The number of piperazine rings is 1. The Morgan fingerprint density at radius 1 is 1.62 bits per heavy atom. The Balaban J connectivity index is 2.14. The molecule has 0 spiro atoms. The van der Waals surface area contributed by atoms with Gasteiger partial charge in [-0.05, 0) is 19.1 Å². The van der Waals surface area contributed by atoms with Crippen molar-refractivity contribution in [1.82, 2.24) is 15.2 Å². The molecule has 0 saturated carbocycles. The van der Waals surface area contributed by atoms with Crippen LogP contribution < -0.4 is 5.32 Å². The average molecular weight is 240 g/mol. The van der Waals surface area contributed by atoms with Gasteiger partial charge in [0, 0.05) is 31.9 Å². The molecule has 1 atom stereocenters. The molecule has 1 amide bonds. The molecule has 0 radical (unpaired) electrons. The van der Waals surface area contributed by atoms with Crippen LogP contribution in [0.5, 0.6) is 0 Å². The van der Waals surface area contributed by atoms with Crippen molar-refractivity contribution in [3.63, 3.8) is 0 Å². The van der Waals surface area contributed by atoms with Gasteiger partial charge in [0.25, 0.3) is 5.91 Å². The van der Waals surface area contributed by atoms with E-state index in [1.807, 2.05) is 11.8 Å². The SMILES string of the molecule is C[C@H]1CNCCN1C(=O)c1ccc(Cl)cn1. The Hall–Kier alpha value is -1.13. The summed E-state index contributed by atoms with van der Waals surface area (Å²) in [5.41, 5.74) is 0.457. The van der Waals surface area contributed by atoms with Crippen LogP contribution in [0, 0.1) is 0 Å². The van der Waals surface area contributed by atoms with Crippen molar-refractivity contribution in [1.29, 1.82) is 0 Å². The molecular formula is C11H14ClN3O. The standard InChI is InChI=1S/C11H14ClN3O/c1-8-6-13-4-5-15(8)11(16)10-3-2-9(12)7-14-10/h2-3,7-8,13H,4-6H2,1H3/t8-/m0/s1. The molecule has 0 aromatic carbocycles. The third-order valence-electron chi connectivity index (χ3n) is 2.71. The summed E-state index contributed by atoms with van der Waals surface area (Å²) in [7, 11) is 0. The van der Waals surface area contributed by atoms with E-state index in [-0.39, 0.29) is 11.9 Å². The number of carbonyl (C=O) groups excluding carboxylic acids is 1. The van der Waals surface area contributed by atoms with E-state index in [2.05, 4.69) is 10.3 Å². The zero-order chi connectivity index (χ0) is 11.5. The second-order valence-electron chi connectivity index (χ2n) is 3.91. The largest absolute Gasteiger partial charge is 0.332 e. The lowest BCUT2D eigenvalue weighted by Gasteiger charge is -2.33. The highest BCUT2D eigenvalue weighted by atomic mass is 35.5. The highest BCUT2D eigenvalue weighted by Gasteiger charge is 2.24. The molecule has 86 valence electrons. The monoisotopic (exact) mass is 239 g/mol. The summed E-state index contributed by atoms with van der Waals surface area (Å²) in [6.45, 7) is 4.42. The molecule has 5 heteroatoms. The van der Waals surface area contributed by atoms with Gasteiger partial charge < -0.3 is 10.2 Å². The van der Waals surface area contributed by atoms with E-state index < -0.39 is 0 Å². The fraction of sp³-hybridized carbons (Fsp3) is 0.455. The summed E-state index contributed by atoms with van der Waals surface area (Å²) in [6, 6.07) is 3.56. The number of carbonyl (C=O) groups is 1. The summed E-state index contributed by atoms with van der Waals surface area (Å²) in [5.74, 6) is -0.0225. The lowest BCUT2D eigenvalue weighted by Crippen LogP contribution is -2.52. The zero-order valence-corrected chi connectivity index (χ0v) is 9.87. The maximum Gasteiger partial charge on any atom is 0.272 e. The molecule has 1 saturated heterocycles. The van der Waals surface area contributed by atoms with Gasteiger partial charge in [0.2, 0.25) is 0 Å². The second kappa shape index (κ2) is 4.80. The predicted molar refractivity (Wildman–Crippen MR) is 62.6 cm³/mol. The highest BCUT2D eigenvalue weighted by molar-refractivity contribution is 6.30. The summed E-state index contributed by atoms with van der Waals surface area (Å²) < 4.78 is 0. The van der Waals surface area contributed by atoms with Crippen LogP contribution in [0.4, 0.5) is 0 Å². The highest BCUT2D eigenvalue weighted by Crippen LogP contribution is 2.11. The normalized spacial score (nSPS) is 20.9. The van der Waals surface area contributed by atoms with Gasteiger partial charge in [0.05, 0.1) is 5.02 Å². The van der Waals surface area contributed by atoms with Crippen molar-refractivity contribution >= 4 is 17.5 Å². The van der Waals surface area contributed by atoms with Crippen molar-refractivity contribution in [3.8, 4) is 0 Å². The molecule has 16 heavy (non-hydrogen) atoms. The van der Waals surface area contributed by atoms with Crippen molar-refractivity contribution in [3.05, 3.63) is 29.0 Å². The molecule has 1 aromatic heterocycles. The number of pyridine rings is 1. The predicted octanol–water partition coefficient (Wildman–Crippen LogP) is 1.17. The first kappa shape index (κ1) is 11.4. The van der Waals surface area contributed by atoms with Gasteiger partial charge in [-0.3, -0.25) is 4.79 Å². The molecule has 2 rings (SSSR count). The summed E-state index contributed by atoms with van der Waals surface area (Å²) in [6.07, 6.45) is 1.50. The Bertz CT molecular complexity index is 379. The van der Waals surface area contributed by atoms with Crippen molar-refractivity contribution in [2.24, 2.45) is 0 Å². The maximum absolute atomic E-state index is 12.1. The zero-order valence-electron chi connectivity index (χ0n) is 9.11. The second-order valence-corrected chi connectivity index (χ2v) is 4.35. The van der Waals surface area contributed by atoms with E-state index >= 15 is 0 Å². The molecular weight excluding hydrogens is 226 g/mol. The molecule has 1 aliphatic heterocycles. The van der Waals surface area contributed by atoms with E-state index in [1.165, 1.54) is 6.20 Å². The Labute approximate surface area is 99.6 Å². The van der Waals surface area contributed by atoms with Crippen LogP contribution in [0.15, 0.2) is 18.3 Å². The summed E-state index contributed by atoms with van der Waals surface area (Å²) in [4.78, 5) is 18.0. The lowest BCUT2D eigenvalue weighted by atomic mass is 10.2. The van der Waals surface area contributed by atoms with Crippen LogP contribution in [0.2, 0.25) is 5.02 Å². The maximum atomic E-state index is 12.1. The molecule has 1 aromatic rings. The van der Waals surface area contributed by atoms with Gasteiger partial charge in [0.1, 0.15) is 5.69 Å². The minimum absolute atomic E-state index is 0.0225. The summed E-state index contributed by atoms with van der Waals surface area (Å²) >= 11 is 5.73. The van der Waals surface area contributed by atoms with Gasteiger partial charge in [-0.1, -0.05) is 11.6 Å². The Kier molecular flexibility index (Phi) is 3.41. The fourth-order valence-corrected chi connectivity index (χ4v) is 1.90. The Morgan fingerprint density at radius 2 is 2.44 bits per heavy atom. The van der Waals surface area contributed by atoms with E-state index in [0.29, 0.717) is 10.7 Å². The quantitative estimate of drug-likeness (QED) is 0.800. The van der Waals surface area contributed by atoms with E-state index in [4.69, 9.17) is 11.6 Å². The summed E-state index contributed by atoms with van der Waals surface area (Å²) in [5, 5.41) is 3.79. The third-order valence-corrected chi connectivity index (χ3v) is 2.93. The van der Waals surface area contributed by atoms with Crippen LogP contribution in [0.3, 0.4) is 0 Å². The van der Waals surface area contributed by atoms with Crippen molar-refractivity contribution in [2.75, 3.05) is 19.6 Å². The molecule has 1 fully saturated rings. The molecule has 1 N–H and O–H groups in total. The molecule has 0 aliphatic carbocycles. The number of halogens is 1. The molecule has 2 heterocycles. The van der Waals surface area contributed by atoms with Crippen LogP contribution in [-0.2, 0) is 0 Å². The van der Waals surface area contributed by atoms with Crippen LogP contribution in [0.25, 0.3) is 0 Å². The first-order valence-electron chi connectivity index (χ1n) is 5.32. The molecule has 0 unspecified atom stereocenters. The van der Waals surface area contributed by atoms with Crippen molar-refractivity contribution < 1.29 is 4.79 Å². The first-order valence-corrected chi connectivity index (χ1v) is 5.69. The fourth-order valence-electron chi connectivity index (χ4n) is 1.79. The topological polar surface area (TPSA) is 45.2 Å². The number of aromatic nitrogens is 1. The Morgan fingerprint density at radius 3 is 3.06 bits per heavy atom. The minimum Gasteiger partial charge on any atom is -0.332 e. The van der Waals surface area contributed by atoms with Gasteiger partial charge in [-0.2, -0.15) is 0 Å². The number of hydrogen-bond donors (Lipinski definition) is 1. The van der Waals surface area contributed by atoms with Gasteiger partial charge >= 0.3 is 0 Å². The number of amides is 1. The van der Waals surface area contributed by atoms with Crippen LogP contribution in [-0.4, -0.2) is 41.5 Å².